The molecule has 1 N–H and O–H groups in total. The lowest BCUT2D eigenvalue weighted by Gasteiger charge is -2.30. The lowest BCUT2D eigenvalue weighted by Crippen LogP contribution is -2.49. The number of amides is 2. The van der Waals surface area contributed by atoms with Crippen molar-refractivity contribution in [1.29, 1.82) is 0 Å². The van der Waals surface area contributed by atoms with Gasteiger partial charge in [-0.15, -0.1) is 11.8 Å². The van der Waals surface area contributed by atoms with Crippen LogP contribution in [0.4, 0.5) is 0 Å². The molecule has 0 spiro atoms. The molecule has 29 heavy (non-hydrogen) atoms. The van der Waals surface area contributed by atoms with E-state index in [1.165, 1.54) is 11.8 Å². The van der Waals surface area contributed by atoms with Crippen LogP contribution in [0, 0.1) is 0 Å². The summed E-state index contributed by atoms with van der Waals surface area (Å²) in [4.78, 5) is 28.6. The van der Waals surface area contributed by atoms with Gasteiger partial charge in [-0.1, -0.05) is 44.2 Å². The summed E-state index contributed by atoms with van der Waals surface area (Å²) < 4.78 is 5.30. The summed E-state index contributed by atoms with van der Waals surface area (Å²) in [6.45, 7) is 4.92. The molecule has 0 bridgehead atoms. The molecule has 0 aliphatic carbocycles. The lowest BCUT2D eigenvalue weighted by atomic mass is 10.1. The van der Waals surface area contributed by atoms with E-state index in [2.05, 4.69) is 5.32 Å². The highest BCUT2D eigenvalue weighted by Crippen LogP contribution is 2.21. The van der Waals surface area contributed by atoms with Crippen LogP contribution in [0.5, 0.6) is 5.75 Å². The van der Waals surface area contributed by atoms with Crippen molar-refractivity contribution in [2.75, 3.05) is 19.4 Å². The van der Waals surface area contributed by atoms with Crippen LogP contribution < -0.4 is 10.1 Å². The van der Waals surface area contributed by atoms with E-state index in [0.717, 1.165) is 22.6 Å². The van der Waals surface area contributed by atoms with Crippen molar-refractivity contribution in [1.82, 2.24) is 10.2 Å². The van der Waals surface area contributed by atoms with Crippen molar-refractivity contribution in [2.45, 2.75) is 44.2 Å². The number of nitrogens with zero attached hydrogens (tertiary/aromatic N) is 1. The van der Waals surface area contributed by atoms with Crippen LogP contribution in [0.2, 0.25) is 0 Å². The van der Waals surface area contributed by atoms with E-state index in [0.29, 0.717) is 19.5 Å². The van der Waals surface area contributed by atoms with Crippen molar-refractivity contribution in [3.05, 3.63) is 60.2 Å². The van der Waals surface area contributed by atoms with E-state index in [-0.39, 0.29) is 17.6 Å². The Morgan fingerprint density at radius 2 is 1.86 bits per heavy atom. The van der Waals surface area contributed by atoms with E-state index in [4.69, 9.17) is 4.74 Å². The average Bonchev–Trinajstić information content (AvgIpc) is 2.76. The Kier molecular flexibility index (Phi) is 9.57. The molecular weight excluding hydrogens is 384 g/mol. The Hall–Kier alpha value is -2.47. The minimum atomic E-state index is -0.503. The van der Waals surface area contributed by atoms with E-state index in [1.807, 2.05) is 68.4 Å². The smallest absolute Gasteiger partial charge is 0.242 e. The molecular formula is C23H30N2O3S. The fourth-order valence-electron chi connectivity index (χ4n) is 3.00. The highest BCUT2D eigenvalue weighted by atomic mass is 32.2. The number of nitrogens with one attached hydrogen (secondary N) is 1. The first kappa shape index (κ1) is 22.8. The number of thioether (sulfide) groups is 1. The van der Waals surface area contributed by atoms with Gasteiger partial charge in [0.2, 0.25) is 11.8 Å². The van der Waals surface area contributed by atoms with E-state index in [9.17, 15) is 9.59 Å². The summed E-state index contributed by atoms with van der Waals surface area (Å²) in [7, 11) is 1.62. The Labute approximate surface area is 177 Å². The standard InChI is InChI=1S/C23H30N2O3S/c1-4-14-24-23(27)21(5-2)25(16-18-10-9-11-19(15-18)28-3)22(26)17-29-20-12-7-6-8-13-20/h6-13,15,21H,4-5,14,16-17H2,1-3H3,(H,24,27)/t21-/m0/s1. The Bertz CT molecular complexity index is 783. The van der Waals surface area contributed by atoms with Crippen LogP contribution in [0.3, 0.4) is 0 Å². The zero-order chi connectivity index (χ0) is 21.1. The van der Waals surface area contributed by atoms with Crippen LogP contribution in [-0.2, 0) is 16.1 Å². The molecule has 6 heteroatoms. The van der Waals surface area contributed by atoms with Gasteiger partial charge in [-0.25, -0.2) is 0 Å². The zero-order valence-electron chi connectivity index (χ0n) is 17.4. The quantitative estimate of drug-likeness (QED) is 0.562. The summed E-state index contributed by atoms with van der Waals surface area (Å²) in [6.07, 6.45) is 1.41. The highest BCUT2D eigenvalue weighted by molar-refractivity contribution is 8.00. The van der Waals surface area contributed by atoms with Crippen LogP contribution in [0.1, 0.15) is 32.3 Å². The average molecular weight is 415 g/mol. The number of ether oxygens (including phenoxy) is 1. The van der Waals surface area contributed by atoms with Gasteiger partial charge < -0.3 is 15.0 Å². The van der Waals surface area contributed by atoms with Crippen LogP contribution in [0.25, 0.3) is 0 Å². The zero-order valence-corrected chi connectivity index (χ0v) is 18.2. The van der Waals surface area contributed by atoms with Crippen molar-refractivity contribution in [3.8, 4) is 5.75 Å². The Morgan fingerprint density at radius 1 is 1.10 bits per heavy atom. The maximum atomic E-state index is 13.1. The summed E-state index contributed by atoms with van der Waals surface area (Å²) in [5.41, 5.74) is 0.934. The molecule has 2 rings (SSSR count). The fraction of sp³-hybridized carbons (Fsp3) is 0.391. The van der Waals surface area contributed by atoms with Gasteiger partial charge in [0.05, 0.1) is 12.9 Å². The van der Waals surface area contributed by atoms with Gasteiger partial charge in [-0.3, -0.25) is 9.59 Å². The van der Waals surface area contributed by atoms with Crippen molar-refractivity contribution < 1.29 is 14.3 Å². The second-order valence-corrected chi connectivity index (χ2v) is 7.74. The Morgan fingerprint density at radius 3 is 2.52 bits per heavy atom. The van der Waals surface area contributed by atoms with Gasteiger partial charge in [0.15, 0.2) is 0 Å². The number of benzene rings is 2. The molecule has 2 aromatic rings. The first-order valence-electron chi connectivity index (χ1n) is 9.97. The topological polar surface area (TPSA) is 58.6 Å². The number of rotatable bonds is 11. The summed E-state index contributed by atoms with van der Waals surface area (Å²) in [5, 5.41) is 2.94. The fourth-order valence-corrected chi connectivity index (χ4v) is 3.80. The second-order valence-electron chi connectivity index (χ2n) is 6.69. The third-order valence-corrected chi connectivity index (χ3v) is 5.52. The molecule has 0 aliphatic heterocycles. The molecule has 0 saturated carbocycles. The molecule has 2 aromatic carbocycles. The third kappa shape index (κ3) is 7.13. The monoisotopic (exact) mass is 414 g/mol. The molecule has 0 heterocycles. The summed E-state index contributed by atoms with van der Waals surface area (Å²) in [6, 6.07) is 16.9. The van der Waals surface area contributed by atoms with Gasteiger partial charge in [0, 0.05) is 18.0 Å². The molecule has 0 unspecified atom stereocenters. The Balaban J connectivity index is 2.19. The largest absolute Gasteiger partial charge is 0.497 e. The van der Waals surface area contributed by atoms with E-state index < -0.39 is 6.04 Å². The van der Waals surface area contributed by atoms with Crippen LogP contribution in [-0.4, -0.2) is 42.2 Å². The minimum Gasteiger partial charge on any atom is -0.497 e. The normalized spacial score (nSPS) is 11.6. The predicted molar refractivity (Wildman–Crippen MR) is 118 cm³/mol. The van der Waals surface area contributed by atoms with Crippen molar-refractivity contribution >= 4 is 23.6 Å². The van der Waals surface area contributed by atoms with Gasteiger partial charge >= 0.3 is 0 Å². The van der Waals surface area contributed by atoms with Gasteiger partial charge in [-0.05, 0) is 42.7 Å². The predicted octanol–water partition coefficient (Wildman–Crippen LogP) is 4.12. The number of methoxy groups -OCH3 is 1. The maximum Gasteiger partial charge on any atom is 0.242 e. The lowest BCUT2D eigenvalue weighted by molar-refractivity contribution is -0.139. The number of carbonyl (C=O) groups excluding carboxylic acids is 2. The van der Waals surface area contributed by atoms with Crippen molar-refractivity contribution in [3.63, 3.8) is 0 Å². The van der Waals surface area contributed by atoms with Gasteiger partial charge in [0.25, 0.3) is 0 Å². The highest BCUT2D eigenvalue weighted by Gasteiger charge is 2.28. The van der Waals surface area contributed by atoms with E-state index >= 15 is 0 Å². The summed E-state index contributed by atoms with van der Waals surface area (Å²) >= 11 is 1.48. The van der Waals surface area contributed by atoms with Gasteiger partial charge in [-0.2, -0.15) is 0 Å². The molecule has 5 nitrogen and oxygen atoms in total. The molecule has 0 aliphatic rings. The molecule has 0 radical (unpaired) electrons. The van der Waals surface area contributed by atoms with E-state index in [1.54, 1.807) is 12.0 Å². The summed E-state index contributed by atoms with van der Waals surface area (Å²) in [5.74, 6) is 0.860. The molecule has 0 aromatic heterocycles. The third-order valence-electron chi connectivity index (χ3n) is 4.53. The molecule has 1 atom stereocenters. The van der Waals surface area contributed by atoms with Gasteiger partial charge in [0.1, 0.15) is 11.8 Å². The SMILES string of the molecule is CCCNC(=O)[C@H](CC)N(Cc1cccc(OC)c1)C(=O)CSc1ccccc1. The number of hydrogen-bond donors (Lipinski definition) is 1. The first-order chi connectivity index (χ1) is 14.1. The van der Waals surface area contributed by atoms with Crippen molar-refractivity contribution in [2.24, 2.45) is 0 Å². The first-order valence-corrected chi connectivity index (χ1v) is 11.0. The molecule has 2 amide bonds. The molecule has 156 valence electrons. The van der Waals surface area contributed by atoms with Crippen LogP contribution in [0.15, 0.2) is 59.5 Å². The maximum absolute atomic E-state index is 13.1. The number of carbonyl (C=O) groups is 2. The molecule has 0 saturated heterocycles. The number of hydrogen-bond acceptors (Lipinski definition) is 4. The minimum absolute atomic E-state index is 0.0554. The molecule has 0 fully saturated rings. The second kappa shape index (κ2) is 12.2. The van der Waals surface area contributed by atoms with Crippen LogP contribution >= 0.6 is 11.8 Å².